The van der Waals surface area contributed by atoms with Gasteiger partial charge in [0.2, 0.25) is 6.08 Å². The highest BCUT2D eigenvalue weighted by atomic mass is 32.2. The van der Waals surface area contributed by atoms with Gasteiger partial charge < -0.3 is 0 Å². The van der Waals surface area contributed by atoms with E-state index in [1.54, 1.807) is 0 Å². The van der Waals surface area contributed by atoms with Gasteiger partial charge in [-0.1, -0.05) is 5.92 Å². The quantitative estimate of drug-likeness (QED) is 0.310. The third kappa shape index (κ3) is 3.27. The van der Waals surface area contributed by atoms with Crippen LogP contribution in [0.5, 0.6) is 0 Å². The molecule has 11 heavy (non-hydrogen) atoms. The molecule has 2 nitrogen and oxygen atoms in total. The highest BCUT2D eigenvalue weighted by Crippen LogP contribution is 2.21. The fourth-order valence-electron chi connectivity index (χ4n) is 0.988. The molecule has 0 amide bonds. The Kier molecular flexibility index (Phi) is 3.82. The lowest BCUT2D eigenvalue weighted by Gasteiger charge is -2.14. The molecule has 0 spiro atoms. The van der Waals surface area contributed by atoms with Crippen LogP contribution in [0.15, 0.2) is 4.99 Å². The van der Waals surface area contributed by atoms with Crippen LogP contribution in [0.3, 0.4) is 0 Å². The summed E-state index contributed by atoms with van der Waals surface area (Å²) in [6.45, 7) is 0. The molecular formula is C8H9NOS. The van der Waals surface area contributed by atoms with Gasteiger partial charge in [0.1, 0.15) is 0 Å². The van der Waals surface area contributed by atoms with Crippen LogP contribution in [0, 0.1) is 17.9 Å². The Morgan fingerprint density at radius 3 is 2.73 bits per heavy atom. The molecule has 1 saturated heterocycles. The van der Waals surface area contributed by atoms with Gasteiger partial charge in [0.05, 0.1) is 0 Å². The first kappa shape index (κ1) is 8.39. The fraction of sp³-hybridized carbons (Fsp3) is 0.625. The van der Waals surface area contributed by atoms with E-state index >= 15 is 0 Å². The highest BCUT2D eigenvalue weighted by Gasteiger charge is 2.09. The monoisotopic (exact) mass is 167 g/mol. The first-order valence-corrected chi connectivity index (χ1v) is 4.74. The number of rotatable bonds is 0. The maximum atomic E-state index is 9.65. The zero-order valence-electron chi connectivity index (χ0n) is 6.17. The number of isocyanates is 1. The minimum absolute atomic E-state index is 0.452. The lowest BCUT2D eigenvalue weighted by molar-refractivity contribution is 0.565. The van der Waals surface area contributed by atoms with E-state index < -0.39 is 0 Å². The number of carbonyl (C=O) groups excluding carboxylic acids is 1. The second-order valence-electron chi connectivity index (χ2n) is 2.35. The molecule has 0 unspecified atom stereocenters. The predicted molar refractivity (Wildman–Crippen MR) is 45.9 cm³/mol. The van der Waals surface area contributed by atoms with Crippen molar-refractivity contribution in [2.24, 2.45) is 10.9 Å². The Bertz CT molecular complexity index is 216. The Hall–Kier alpha value is -0.710. The van der Waals surface area contributed by atoms with Crippen LogP contribution >= 0.6 is 11.8 Å². The second kappa shape index (κ2) is 5.01. The molecule has 0 aromatic rings. The van der Waals surface area contributed by atoms with Crippen LogP contribution in [-0.4, -0.2) is 17.6 Å². The van der Waals surface area contributed by atoms with Crippen LogP contribution in [0.25, 0.3) is 0 Å². The molecule has 1 aliphatic rings. The minimum atomic E-state index is 0.452. The predicted octanol–water partition coefficient (Wildman–Crippen LogP) is 1.43. The number of nitrogens with zero attached hydrogens (tertiary/aromatic N) is 1. The third-order valence-electron chi connectivity index (χ3n) is 1.59. The molecule has 1 rings (SSSR count). The van der Waals surface area contributed by atoms with Crippen LogP contribution in [0.2, 0.25) is 0 Å². The minimum Gasteiger partial charge on any atom is -0.210 e. The van der Waals surface area contributed by atoms with Gasteiger partial charge in [-0.25, -0.2) is 4.79 Å². The van der Waals surface area contributed by atoms with Gasteiger partial charge in [-0.05, 0) is 24.3 Å². The molecule has 0 atom stereocenters. The summed E-state index contributed by atoms with van der Waals surface area (Å²) >= 11 is 1.96. The van der Waals surface area contributed by atoms with Crippen molar-refractivity contribution in [2.45, 2.75) is 12.8 Å². The van der Waals surface area contributed by atoms with Crippen LogP contribution in [-0.2, 0) is 4.79 Å². The maximum absolute atomic E-state index is 9.65. The smallest absolute Gasteiger partial charge is 0.210 e. The van der Waals surface area contributed by atoms with Gasteiger partial charge >= 0.3 is 0 Å². The van der Waals surface area contributed by atoms with E-state index in [0.717, 1.165) is 12.8 Å². The highest BCUT2D eigenvalue weighted by molar-refractivity contribution is 7.99. The normalized spacial score (nSPS) is 17.8. The molecule has 0 N–H and O–H groups in total. The van der Waals surface area contributed by atoms with Crippen molar-refractivity contribution in [3.63, 3.8) is 0 Å². The zero-order chi connectivity index (χ0) is 7.94. The molecule has 0 aliphatic carbocycles. The van der Waals surface area contributed by atoms with E-state index in [1.807, 2.05) is 11.8 Å². The van der Waals surface area contributed by atoms with Crippen molar-refractivity contribution >= 4 is 17.8 Å². The van der Waals surface area contributed by atoms with E-state index in [9.17, 15) is 4.79 Å². The topological polar surface area (TPSA) is 29.4 Å². The largest absolute Gasteiger partial charge is 0.249 e. The fourth-order valence-corrected chi connectivity index (χ4v) is 2.09. The summed E-state index contributed by atoms with van der Waals surface area (Å²) in [5, 5.41) is 0. The van der Waals surface area contributed by atoms with Gasteiger partial charge in [0, 0.05) is 12.0 Å². The molecular weight excluding hydrogens is 158 g/mol. The average Bonchev–Trinajstić information content (AvgIpc) is 2.07. The number of hydrogen-bond acceptors (Lipinski definition) is 3. The lowest BCUT2D eigenvalue weighted by atomic mass is 10.0. The van der Waals surface area contributed by atoms with Crippen molar-refractivity contribution in [1.82, 2.24) is 0 Å². The molecule has 0 bridgehead atoms. The molecule has 1 fully saturated rings. The summed E-state index contributed by atoms with van der Waals surface area (Å²) in [6, 6.07) is 2.45. The second-order valence-corrected chi connectivity index (χ2v) is 3.57. The van der Waals surface area contributed by atoms with Crippen molar-refractivity contribution in [3.05, 3.63) is 0 Å². The van der Waals surface area contributed by atoms with Crippen molar-refractivity contribution in [1.29, 1.82) is 0 Å². The van der Waals surface area contributed by atoms with E-state index in [1.165, 1.54) is 17.6 Å². The van der Waals surface area contributed by atoms with E-state index in [2.05, 4.69) is 17.0 Å². The third-order valence-corrected chi connectivity index (χ3v) is 2.64. The van der Waals surface area contributed by atoms with Gasteiger partial charge in [-0.2, -0.15) is 11.8 Å². The van der Waals surface area contributed by atoms with Gasteiger partial charge in [0.25, 0.3) is 0 Å². The Morgan fingerprint density at radius 1 is 1.36 bits per heavy atom. The first-order valence-electron chi connectivity index (χ1n) is 3.58. The van der Waals surface area contributed by atoms with Crippen LogP contribution < -0.4 is 0 Å². The molecule has 0 aromatic carbocycles. The van der Waals surface area contributed by atoms with E-state index in [-0.39, 0.29) is 0 Å². The summed E-state index contributed by atoms with van der Waals surface area (Å²) in [6.07, 6.45) is 3.67. The Balaban J connectivity index is 2.36. The van der Waals surface area contributed by atoms with Gasteiger partial charge in [0.15, 0.2) is 0 Å². The molecule has 1 heterocycles. The average molecular weight is 167 g/mol. The summed E-state index contributed by atoms with van der Waals surface area (Å²) in [5.41, 5.74) is 0. The maximum Gasteiger partial charge on any atom is 0.249 e. The zero-order valence-corrected chi connectivity index (χ0v) is 6.99. The molecule has 0 radical (unpaired) electrons. The summed E-state index contributed by atoms with van der Waals surface area (Å²) in [5.74, 6) is 5.75. The SMILES string of the molecule is O=C=NC#CC1CCSCC1. The number of thioether (sulfide) groups is 1. The van der Waals surface area contributed by atoms with Crippen molar-refractivity contribution in [2.75, 3.05) is 11.5 Å². The lowest BCUT2D eigenvalue weighted by Crippen LogP contribution is -2.06. The Morgan fingerprint density at radius 2 is 2.09 bits per heavy atom. The standard InChI is InChI=1S/C8H9NOS/c10-7-9-4-1-8-2-5-11-6-3-8/h8H,2-3,5-6H2. The molecule has 3 heteroatoms. The summed E-state index contributed by atoms with van der Waals surface area (Å²) < 4.78 is 0. The van der Waals surface area contributed by atoms with Gasteiger partial charge in [-0.3, -0.25) is 0 Å². The van der Waals surface area contributed by atoms with E-state index in [4.69, 9.17) is 0 Å². The molecule has 58 valence electrons. The molecule has 0 aromatic heterocycles. The van der Waals surface area contributed by atoms with Crippen molar-refractivity contribution < 1.29 is 4.79 Å². The van der Waals surface area contributed by atoms with E-state index in [0.29, 0.717) is 5.92 Å². The first-order chi connectivity index (χ1) is 5.43. The van der Waals surface area contributed by atoms with Gasteiger partial charge in [-0.15, -0.1) is 4.99 Å². The number of hydrogen-bond donors (Lipinski definition) is 0. The molecule has 1 aliphatic heterocycles. The number of aliphatic imine (C=N–C) groups is 1. The Labute approximate surface area is 70.5 Å². The summed E-state index contributed by atoms with van der Waals surface area (Å²) in [4.78, 5) is 12.8. The molecule has 0 saturated carbocycles. The van der Waals surface area contributed by atoms with Crippen molar-refractivity contribution in [3.8, 4) is 12.0 Å². The van der Waals surface area contributed by atoms with Crippen LogP contribution in [0.1, 0.15) is 12.8 Å². The summed E-state index contributed by atoms with van der Waals surface area (Å²) in [7, 11) is 0. The van der Waals surface area contributed by atoms with Crippen LogP contribution in [0.4, 0.5) is 0 Å².